The highest BCUT2D eigenvalue weighted by Crippen LogP contribution is 2.04. The standard InChI is InChI=1S/C14H23N3O2/c1-11-5-7-15-9-13(11)10-17-12(2)14(18)16-6-4-8-19-3/h5,7,9,12,17H,4,6,8,10H2,1-3H3,(H,16,18). The summed E-state index contributed by atoms with van der Waals surface area (Å²) in [4.78, 5) is 15.9. The van der Waals surface area contributed by atoms with E-state index in [2.05, 4.69) is 15.6 Å². The van der Waals surface area contributed by atoms with E-state index >= 15 is 0 Å². The summed E-state index contributed by atoms with van der Waals surface area (Å²) >= 11 is 0. The minimum Gasteiger partial charge on any atom is -0.385 e. The van der Waals surface area contributed by atoms with Gasteiger partial charge in [0, 0.05) is 39.2 Å². The zero-order chi connectivity index (χ0) is 14.1. The molecule has 1 aromatic heterocycles. The lowest BCUT2D eigenvalue weighted by Gasteiger charge is -2.14. The van der Waals surface area contributed by atoms with Crippen molar-refractivity contribution in [2.75, 3.05) is 20.3 Å². The number of methoxy groups -OCH3 is 1. The lowest BCUT2D eigenvalue weighted by atomic mass is 10.1. The number of ether oxygens (including phenoxy) is 1. The molecule has 1 unspecified atom stereocenters. The summed E-state index contributed by atoms with van der Waals surface area (Å²) in [5.74, 6) is 0.0117. The van der Waals surface area contributed by atoms with Crippen LogP contribution in [0.1, 0.15) is 24.5 Å². The van der Waals surface area contributed by atoms with E-state index in [-0.39, 0.29) is 11.9 Å². The van der Waals surface area contributed by atoms with Gasteiger partial charge in [0.25, 0.3) is 0 Å². The third-order valence-corrected chi connectivity index (χ3v) is 2.96. The molecule has 1 rings (SSSR count). The van der Waals surface area contributed by atoms with Crippen LogP contribution in [0.25, 0.3) is 0 Å². The van der Waals surface area contributed by atoms with Gasteiger partial charge in [-0.3, -0.25) is 9.78 Å². The summed E-state index contributed by atoms with van der Waals surface area (Å²) in [6.07, 6.45) is 4.42. The summed E-state index contributed by atoms with van der Waals surface area (Å²) in [7, 11) is 1.65. The van der Waals surface area contributed by atoms with Gasteiger partial charge in [-0.25, -0.2) is 0 Å². The number of aromatic nitrogens is 1. The van der Waals surface area contributed by atoms with Gasteiger partial charge in [-0.15, -0.1) is 0 Å². The summed E-state index contributed by atoms with van der Waals surface area (Å²) in [5, 5.41) is 6.07. The Hall–Kier alpha value is -1.46. The fourth-order valence-electron chi connectivity index (χ4n) is 1.62. The summed E-state index contributed by atoms with van der Waals surface area (Å²) in [5.41, 5.74) is 2.29. The van der Waals surface area contributed by atoms with E-state index in [0.717, 1.165) is 12.0 Å². The zero-order valence-corrected chi connectivity index (χ0v) is 11.9. The van der Waals surface area contributed by atoms with Crippen LogP contribution in [0.3, 0.4) is 0 Å². The van der Waals surface area contributed by atoms with Crippen molar-refractivity contribution in [2.45, 2.75) is 32.9 Å². The second-order valence-electron chi connectivity index (χ2n) is 4.54. The first kappa shape index (κ1) is 15.6. The van der Waals surface area contributed by atoms with Crippen molar-refractivity contribution in [2.24, 2.45) is 0 Å². The predicted octanol–water partition coefficient (Wildman–Crippen LogP) is 1.02. The highest BCUT2D eigenvalue weighted by Gasteiger charge is 2.11. The SMILES string of the molecule is COCCCNC(=O)C(C)NCc1cnccc1C. The Morgan fingerprint density at radius 2 is 2.32 bits per heavy atom. The van der Waals surface area contributed by atoms with Gasteiger partial charge in [-0.2, -0.15) is 0 Å². The van der Waals surface area contributed by atoms with Crippen molar-refractivity contribution in [3.8, 4) is 0 Å². The molecule has 0 aliphatic rings. The molecule has 1 amide bonds. The number of nitrogens with zero attached hydrogens (tertiary/aromatic N) is 1. The number of carbonyl (C=O) groups excluding carboxylic acids is 1. The fraction of sp³-hybridized carbons (Fsp3) is 0.571. The van der Waals surface area contributed by atoms with Gasteiger partial charge in [0.2, 0.25) is 5.91 Å². The van der Waals surface area contributed by atoms with Gasteiger partial charge in [0.15, 0.2) is 0 Å². The first-order valence-electron chi connectivity index (χ1n) is 6.54. The molecular weight excluding hydrogens is 242 g/mol. The molecule has 0 fully saturated rings. The number of nitrogens with one attached hydrogen (secondary N) is 2. The Labute approximate surface area is 114 Å². The molecule has 5 heteroatoms. The molecule has 2 N–H and O–H groups in total. The molecule has 19 heavy (non-hydrogen) atoms. The van der Waals surface area contributed by atoms with Crippen LogP contribution >= 0.6 is 0 Å². The Morgan fingerprint density at radius 1 is 1.53 bits per heavy atom. The molecule has 0 saturated carbocycles. The van der Waals surface area contributed by atoms with Crippen LogP contribution in [-0.2, 0) is 16.1 Å². The second-order valence-corrected chi connectivity index (χ2v) is 4.54. The van der Waals surface area contributed by atoms with Crippen LogP contribution in [0, 0.1) is 6.92 Å². The Balaban J connectivity index is 2.28. The quantitative estimate of drug-likeness (QED) is 0.689. The summed E-state index contributed by atoms with van der Waals surface area (Å²) in [6.45, 7) is 5.85. The molecule has 1 atom stereocenters. The molecule has 0 bridgehead atoms. The van der Waals surface area contributed by atoms with Crippen molar-refractivity contribution < 1.29 is 9.53 Å². The van der Waals surface area contributed by atoms with Crippen molar-refractivity contribution in [3.05, 3.63) is 29.6 Å². The molecule has 1 heterocycles. The van der Waals surface area contributed by atoms with Gasteiger partial charge in [0.05, 0.1) is 6.04 Å². The maximum atomic E-state index is 11.8. The molecule has 0 aliphatic carbocycles. The fourth-order valence-corrected chi connectivity index (χ4v) is 1.62. The van der Waals surface area contributed by atoms with Crippen molar-refractivity contribution in [1.82, 2.24) is 15.6 Å². The van der Waals surface area contributed by atoms with Gasteiger partial charge < -0.3 is 15.4 Å². The maximum absolute atomic E-state index is 11.8. The van der Waals surface area contributed by atoms with Crippen LogP contribution in [0.5, 0.6) is 0 Å². The van der Waals surface area contributed by atoms with E-state index in [0.29, 0.717) is 19.7 Å². The van der Waals surface area contributed by atoms with Gasteiger partial charge in [0.1, 0.15) is 0 Å². The maximum Gasteiger partial charge on any atom is 0.236 e. The van der Waals surface area contributed by atoms with E-state index in [4.69, 9.17) is 4.74 Å². The van der Waals surface area contributed by atoms with E-state index in [9.17, 15) is 4.79 Å². The van der Waals surface area contributed by atoms with Crippen LogP contribution in [0.15, 0.2) is 18.5 Å². The molecule has 0 radical (unpaired) electrons. The molecular formula is C14H23N3O2. The highest BCUT2D eigenvalue weighted by atomic mass is 16.5. The van der Waals surface area contributed by atoms with Crippen molar-refractivity contribution in [1.29, 1.82) is 0 Å². The van der Waals surface area contributed by atoms with Crippen LogP contribution in [0.4, 0.5) is 0 Å². The lowest BCUT2D eigenvalue weighted by molar-refractivity contribution is -0.122. The molecule has 0 saturated heterocycles. The van der Waals surface area contributed by atoms with E-state index in [1.807, 2.05) is 26.1 Å². The number of pyridine rings is 1. The van der Waals surface area contributed by atoms with E-state index < -0.39 is 0 Å². The second kappa shape index (κ2) is 8.61. The molecule has 0 spiro atoms. The smallest absolute Gasteiger partial charge is 0.236 e. The Bertz CT molecular complexity index is 396. The highest BCUT2D eigenvalue weighted by molar-refractivity contribution is 5.81. The topological polar surface area (TPSA) is 63.2 Å². The van der Waals surface area contributed by atoms with Crippen LogP contribution in [0.2, 0.25) is 0 Å². The lowest BCUT2D eigenvalue weighted by Crippen LogP contribution is -2.42. The van der Waals surface area contributed by atoms with Gasteiger partial charge >= 0.3 is 0 Å². The van der Waals surface area contributed by atoms with Gasteiger partial charge in [-0.05, 0) is 37.5 Å². The molecule has 1 aromatic rings. The average Bonchev–Trinajstić information content (AvgIpc) is 2.42. The average molecular weight is 265 g/mol. The zero-order valence-electron chi connectivity index (χ0n) is 11.9. The normalized spacial score (nSPS) is 12.2. The number of amides is 1. The predicted molar refractivity (Wildman–Crippen MR) is 74.8 cm³/mol. The van der Waals surface area contributed by atoms with Crippen molar-refractivity contribution >= 4 is 5.91 Å². The van der Waals surface area contributed by atoms with E-state index in [1.54, 1.807) is 13.3 Å². The first-order valence-corrected chi connectivity index (χ1v) is 6.54. The summed E-state index contributed by atoms with van der Waals surface area (Å²) in [6, 6.07) is 1.74. The first-order chi connectivity index (χ1) is 9.15. The monoisotopic (exact) mass is 265 g/mol. The number of hydrogen-bond acceptors (Lipinski definition) is 4. The minimum atomic E-state index is -0.220. The summed E-state index contributed by atoms with van der Waals surface area (Å²) < 4.78 is 4.93. The van der Waals surface area contributed by atoms with Crippen LogP contribution < -0.4 is 10.6 Å². The number of aryl methyl sites for hydroxylation is 1. The van der Waals surface area contributed by atoms with E-state index in [1.165, 1.54) is 5.56 Å². The van der Waals surface area contributed by atoms with Gasteiger partial charge in [-0.1, -0.05) is 0 Å². The van der Waals surface area contributed by atoms with Crippen LogP contribution in [-0.4, -0.2) is 37.2 Å². The Morgan fingerprint density at radius 3 is 3.00 bits per heavy atom. The third kappa shape index (κ3) is 5.81. The Kier molecular flexibility index (Phi) is 7.07. The molecule has 0 aromatic carbocycles. The molecule has 5 nitrogen and oxygen atoms in total. The molecule has 106 valence electrons. The number of rotatable bonds is 8. The number of carbonyl (C=O) groups is 1. The minimum absolute atomic E-state index is 0.0117. The van der Waals surface area contributed by atoms with Crippen molar-refractivity contribution in [3.63, 3.8) is 0 Å². The third-order valence-electron chi connectivity index (χ3n) is 2.96. The molecule has 0 aliphatic heterocycles. The number of hydrogen-bond donors (Lipinski definition) is 2. The largest absolute Gasteiger partial charge is 0.385 e.